The number of hydrogen-bond donors (Lipinski definition) is 0. The van der Waals surface area contributed by atoms with Gasteiger partial charge in [0.15, 0.2) is 11.5 Å². The number of nitrogens with zero attached hydrogens (tertiary/aromatic N) is 2. The molecule has 24 heavy (non-hydrogen) atoms. The number of ether oxygens (including phenoxy) is 3. The summed E-state index contributed by atoms with van der Waals surface area (Å²) in [6.07, 6.45) is 0.889. The first-order valence-corrected chi connectivity index (χ1v) is 8.17. The van der Waals surface area contributed by atoms with Crippen molar-refractivity contribution in [2.75, 3.05) is 53.6 Å². The summed E-state index contributed by atoms with van der Waals surface area (Å²) < 4.78 is 30.1. The quantitative estimate of drug-likeness (QED) is 0.830. The Bertz CT molecular complexity index is 604. The van der Waals surface area contributed by atoms with E-state index in [-0.39, 0.29) is 17.2 Å². The zero-order chi connectivity index (χ0) is 17.1. The van der Waals surface area contributed by atoms with Crippen molar-refractivity contribution >= 4 is 5.91 Å². The van der Waals surface area contributed by atoms with E-state index >= 15 is 0 Å². The molecule has 6 nitrogen and oxygen atoms in total. The molecule has 1 amide bonds. The molecule has 2 heterocycles. The van der Waals surface area contributed by atoms with E-state index in [9.17, 15) is 9.18 Å². The first-order chi connectivity index (χ1) is 11.7. The summed E-state index contributed by atoms with van der Waals surface area (Å²) in [6.45, 7) is 4.41. The SMILES string of the molecule is COc1ccc(F)c(C(=O)N2CCC(N3CCOCC3)C2)c1OC. The van der Waals surface area contributed by atoms with E-state index < -0.39 is 5.82 Å². The van der Waals surface area contributed by atoms with Gasteiger partial charge in [-0.1, -0.05) is 0 Å². The summed E-state index contributed by atoms with van der Waals surface area (Å²) in [7, 11) is 2.88. The molecular weight excluding hydrogens is 315 g/mol. The number of carbonyl (C=O) groups is 1. The van der Waals surface area contributed by atoms with Gasteiger partial charge in [0.25, 0.3) is 5.91 Å². The molecule has 1 unspecified atom stereocenters. The summed E-state index contributed by atoms with van der Waals surface area (Å²) in [4.78, 5) is 16.9. The molecule has 1 atom stereocenters. The van der Waals surface area contributed by atoms with Gasteiger partial charge in [-0.2, -0.15) is 0 Å². The number of morpholine rings is 1. The fourth-order valence-corrected chi connectivity index (χ4v) is 3.43. The molecule has 1 aromatic rings. The summed E-state index contributed by atoms with van der Waals surface area (Å²) in [5.41, 5.74) is -0.0560. The number of carbonyl (C=O) groups excluding carboxylic acids is 1. The predicted octanol–water partition coefficient (Wildman–Crippen LogP) is 1.39. The van der Waals surface area contributed by atoms with Gasteiger partial charge < -0.3 is 19.1 Å². The van der Waals surface area contributed by atoms with Crippen molar-refractivity contribution in [3.8, 4) is 11.5 Å². The number of methoxy groups -OCH3 is 2. The Hall–Kier alpha value is -1.86. The molecule has 0 aromatic heterocycles. The smallest absolute Gasteiger partial charge is 0.260 e. The molecule has 2 aliphatic rings. The van der Waals surface area contributed by atoms with Crippen LogP contribution in [0.4, 0.5) is 4.39 Å². The molecule has 0 spiro atoms. The van der Waals surface area contributed by atoms with Gasteiger partial charge in [-0.25, -0.2) is 4.39 Å². The van der Waals surface area contributed by atoms with Crippen LogP contribution in [0.5, 0.6) is 11.5 Å². The zero-order valence-corrected chi connectivity index (χ0v) is 14.1. The van der Waals surface area contributed by atoms with Gasteiger partial charge in [0.05, 0.1) is 27.4 Å². The van der Waals surface area contributed by atoms with Crippen molar-refractivity contribution in [2.45, 2.75) is 12.5 Å². The van der Waals surface area contributed by atoms with Crippen molar-refractivity contribution in [1.29, 1.82) is 0 Å². The highest BCUT2D eigenvalue weighted by Gasteiger charge is 2.34. The Labute approximate surface area is 141 Å². The summed E-state index contributed by atoms with van der Waals surface area (Å²) in [5, 5.41) is 0. The van der Waals surface area contributed by atoms with Crippen LogP contribution in [0.2, 0.25) is 0 Å². The second-order valence-corrected chi connectivity index (χ2v) is 6.00. The third-order valence-corrected chi connectivity index (χ3v) is 4.72. The van der Waals surface area contributed by atoms with Gasteiger partial charge in [-0.15, -0.1) is 0 Å². The Morgan fingerprint density at radius 2 is 1.96 bits per heavy atom. The number of hydrogen-bond acceptors (Lipinski definition) is 5. The van der Waals surface area contributed by atoms with Crippen molar-refractivity contribution in [1.82, 2.24) is 9.80 Å². The highest BCUT2D eigenvalue weighted by atomic mass is 19.1. The molecule has 0 radical (unpaired) electrons. The molecule has 2 saturated heterocycles. The van der Waals surface area contributed by atoms with Crippen LogP contribution < -0.4 is 9.47 Å². The van der Waals surface area contributed by atoms with E-state index in [4.69, 9.17) is 14.2 Å². The monoisotopic (exact) mass is 338 g/mol. The molecule has 132 valence electrons. The summed E-state index contributed by atoms with van der Waals surface area (Å²) >= 11 is 0. The number of amides is 1. The maximum absolute atomic E-state index is 14.3. The lowest BCUT2D eigenvalue weighted by atomic mass is 10.1. The van der Waals surface area contributed by atoms with Gasteiger partial charge in [0.1, 0.15) is 11.4 Å². The highest BCUT2D eigenvalue weighted by molar-refractivity contribution is 5.98. The number of halogens is 1. The van der Waals surface area contributed by atoms with Crippen LogP contribution >= 0.6 is 0 Å². The standard InChI is InChI=1S/C17H23FN2O4/c1-22-14-4-3-13(18)15(16(14)23-2)17(21)20-6-5-12(11-20)19-7-9-24-10-8-19/h3-4,12H,5-11H2,1-2H3. The van der Waals surface area contributed by atoms with Crippen LogP contribution in [-0.2, 0) is 4.74 Å². The van der Waals surface area contributed by atoms with Gasteiger partial charge in [0.2, 0.25) is 0 Å². The summed E-state index contributed by atoms with van der Waals surface area (Å²) in [6, 6.07) is 3.01. The Morgan fingerprint density at radius 3 is 2.62 bits per heavy atom. The van der Waals surface area contributed by atoms with Crippen LogP contribution in [0.25, 0.3) is 0 Å². The predicted molar refractivity (Wildman–Crippen MR) is 86.2 cm³/mol. The van der Waals surface area contributed by atoms with E-state index in [1.165, 1.54) is 26.4 Å². The molecule has 0 saturated carbocycles. The molecule has 7 heteroatoms. The fraction of sp³-hybridized carbons (Fsp3) is 0.588. The topological polar surface area (TPSA) is 51.2 Å². The average molecular weight is 338 g/mol. The maximum atomic E-state index is 14.3. The van der Waals surface area contributed by atoms with Crippen LogP contribution in [-0.4, -0.2) is 75.4 Å². The van der Waals surface area contributed by atoms with Crippen LogP contribution in [0.3, 0.4) is 0 Å². The van der Waals surface area contributed by atoms with E-state index in [1.54, 1.807) is 4.90 Å². The number of likely N-dealkylation sites (tertiary alicyclic amines) is 1. The lowest BCUT2D eigenvalue weighted by Crippen LogP contribution is -2.45. The van der Waals surface area contributed by atoms with E-state index in [1.807, 2.05) is 0 Å². The minimum atomic E-state index is -0.590. The normalized spacial score (nSPS) is 21.8. The minimum Gasteiger partial charge on any atom is -0.493 e. The summed E-state index contributed by atoms with van der Waals surface area (Å²) in [5.74, 6) is -0.435. The Morgan fingerprint density at radius 1 is 1.21 bits per heavy atom. The molecule has 3 rings (SSSR count). The fourth-order valence-electron chi connectivity index (χ4n) is 3.43. The van der Waals surface area contributed by atoms with E-state index in [0.29, 0.717) is 24.9 Å². The zero-order valence-electron chi connectivity index (χ0n) is 14.1. The van der Waals surface area contributed by atoms with Gasteiger partial charge >= 0.3 is 0 Å². The molecule has 0 aliphatic carbocycles. The lowest BCUT2D eigenvalue weighted by Gasteiger charge is -2.32. The second kappa shape index (κ2) is 7.36. The van der Waals surface area contributed by atoms with Crippen molar-refractivity contribution in [2.24, 2.45) is 0 Å². The number of benzene rings is 1. The van der Waals surface area contributed by atoms with E-state index in [2.05, 4.69) is 4.90 Å². The van der Waals surface area contributed by atoms with Gasteiger partial charge in [-0.3, -0.25) is 9.69 Å². The van der Waals surface area contributed by atoms with Crippen LogP contribution in [0, 0.1) is 5.82 Å². The van der Waals surface area contributed by atoms with Crippen molar-refractivity contribution < 1.29 is 23.4 Å². The second-order valence-electron chi connectivity index (χ2n) is 6.00. The minimum absolute atomic E-state index is 0.0560. The third-order valence-electron chi connectivity index (χ3n) is 4.72. The molecule has 0 N–H and O–H groups in total. The first kappa shape index (κ1) is 17.0. The molecule has 1 aromatic carbocycles. The number of rotatable bonds is 4. The lowest BCUT2D eigenvalue weighted by molar-refractivity contribution is 0.0185. The third kappa shape index (κ3) is 3.18. The molecule has 2 fully saturated rings. The molecule has 0 bridgehead atoms. The highest BCUT2D eigenvalue weighted by Crippen LogP contribution is 2.34. The van der Waals surface area contributed by atoms with E-state index in [0.717, 1.165) is 32.7 Å². The van der Waals surface area contributed by atoms with Gasteiger partial charge in [-0.05, 0) is 18.6 Å². The Balaban J connectivity index is 1.77. The molecule has 2 aliphatic heterocycles. The van der Waals surface area contributed by atoms with Crippen molar-refractivity contribution in [3.05, 3.63) is 23.5 Å². The largest absolute Gasteiger partial charge is 0.493 e. The van der Waals surface area contributed by atoms with Crippen LogP contribution in [0.15, 0.2) is 12.1 Å². The van der Waals surface area contributed by atoms with Gasteiger partial charge in [0, 0.05) is 32.2 Å². The first-order valence-electron chi connectivity index (χ1n) is 8.17. The Kier molecular flexibility index (Phi) is 5.20. The molecular formula is C17H23FN2O4. The average Bonchev–Trinajstić information content (AvgIpc) is 3.11. The van der Waals surface area contributed by atoms with Crippen LogP contribution in [0.1, 0.15) is 16.8 Å². The maximum Gasteiger partial charge on any atom is 0.260 e. The van der Waals surface area contributed by atoms with Crippen molar-refractivity contribution in [3.63, 3.8) is 0 Å².